The van der Waals surface area contributed by atoms with Gasteiger partial charge in [0.2, 0.25) is 0 Å². The summed E-state index contributed by atoms with van der Waals surface area (Å²) in [4.78, 5) is 33.4. The second-order valence-electron chi connectivity index (χ2n) is 4.50. The van der Waals surface area contributed by atoms with Gasteiger partial charge in [-0.3, -0.25) is 14.4 Å². The Kier molecular flexibility index (Phi) is 7.24. The van der Waals surface area contributed by atoms with E-state index in [1.54, 1.807) is 0 Å². The van der Waals surface area contributed by atoms with Crippen molar-refractivity contribution < 1.29 is 23.9 Å². The average Bonchev–Trinajstić information content (AvgIpc) is 2.32. The van der Waals surface area contributed by atoms with Gasteiger partial charge in [0.15, 0.2) is 0 Å². The number of carbonyl (C=O) groups is 3. The minimum absolute atomic E-state index is 0.0125. The highest BCUT2D eigenvalue weighted by atomic mass is 16.6. The third kappa shape index (κ3) is 5.80. The molecule has 0 heterocycles. The highest BCUT2D eigenvalue weighted by molar-refractivity contribution is 5.94. The molecule has 0 aliphatic rings. The van der Waals surface area contributed by atoms with Crippen molar-refractivity contribution in [2.75, 3.05) is 13.2 Å². The van der Waals surface area contributed by atoms with E-state index in [1.807, 2.05) is 20.8 Å². The van der Waals surface area contributed by atoms with Crippen LogP contribution in [0.5, 0.6) is 0 Å². The first kappa shape index (κ1) is 16.6. The summed E-state index contributed by atoms with van der Waals surface area (Å²) >= 11 is 0. The first-order valence-electron chi connectivity index (χ1n) is 6.18. The fraction of sp³-hybridized carbons (Fsp3) is 0.769. The number of hydrogen-bond acceptors (Lipinski definition) is 5. The molecule has 0 saturated heterocycles. The molecular weight excluding hydrogens is 236 g/mol. The SMILES string of the molecule is CCC(C)(CC)C(=O)OCCOC(=O)CC(C)=O. The van der Waals surface area contributed by atoms with Crippen molar-refractivity contribution in [2.24, 2.45) is 5.41 Å². The first-order valence-corrected chi connectivity index (χ1v) is 6.18. The van der Waals surface area contributed by atoms with Crippen molar-refractivity contribution in [1.82, 2.24) is 0 Å². The van der Waals surface area contributed by atoms with E-state index in [-0.39, 0.29) is 31.4 Å². The lowest BCUT2D eigenvalue weighted by Gasteiger charge is -2.23. The highest BCUT2D eigenvalue weighted by Crippen LogP contribution is 2.26. The lowest BCUT2D eigenvalue weighted by atomic mass is 9.85. The molecule has 0 aliphatic heterocycles. The summed E-state index contributed by atoms with van der Waals surface area (Å²) in [5.74, 6) is -1.12. The molecule has 0 amide bonds. The fourth-order valence-corrected chi connectivity index (χ4v) is 1.26. The quantitative estimate of drug-likeness (QED) is 0.377. The molecule has 5 heteroatoms. The Morgan fingerprint density at radius 1 is 1.00 bits per heavy atom. The topological polar surface area (TPSA) is 69.7 Å². The summed E-state index contributed by atoms with van der Waals surface area (Å²) in [6.07, 6.45) is 1.16. The van der Waals surface area contributed by atoms with Gasteiger partial charge in [-0.1, -0.05) is 13.8 Å². The third-order valence-electron chi connectivity index (χ3n) is 3.03. The van der Waals surface area contributed by atoms with Gasteiger partial charge >= 0.3 is 11.9 Å². The highest BCUT2D eigenvalue weighted by Gasteiger charge is 2.30. The van der Waals surface area contributed by atoms with Gasteiger partial charge in [0.05, 0.1) is 5.41 Å². The molecule has 5 nitrogen and oxygen atoms in total. The molecule has 0 bridgehead atoms. The normalized spacial score (nSPS) is 10.9. The van der Waals surface area contributed by atoms with E-state index in [9.17, 15) is 14.4 Å². The molecule has 0 aliphatic carbocycles. The Bertz CT molecular complexity index is 305. The summed E-state index contributed by atoms with van der Waals surface area (Å²) in [5, 5.41) is 0. The van der Waals surface area contributed by atoms with Gasteiger partial charge in [-0.25, -0.2) is 0 Å². The van der Waals surface area contributed by atoms with Crippen LogP contribution in [0, 0.1) is 5.41 Å². The van der Waals surface area contributed by atoms with Crippen LogP contribution in [0.1, 0.15) is 47.0 Å². The second-order valence-corrected chi connectivity index (χ2v) is 4.50. The summed E-state index contributed by atoms with van der Waals surface area (Å²) in [6.45, 7) is 7.03. The van der Waals surface area contributed by atoms with Crippen molar-refractivity contribution in [2.45, 2.75) is 47.0 Å². The first-order chi connectivity index (χ1) is 8.35. The van der Waals surface area contributed by atoms with Crippen LogP contribution in [0.3, 0.4) is 0 Å². The molecule has 0 fully saturated rings. The third-order valence-corrected chi connectivity index (χ3v) is 3.03. The standard InChI is InChI=1S/C13H22O5/c1-5-13(4,6-2)12(16)18-8-7-17-11(15)9-10(3)14/h5-9H2,1-4H3. The van der Waals surface area contributed by atoms with E-state index in [2.05, 4.69) is 0 Å². The summed E-state index contributed by atoms with van der Waals surface area (Å²) in [5.41, 5.74) is -0.483. The monoisotopic (exact) mass is 258 g/mol. The predicted molar refractivity (Wildman–Crippen MR) is 65.9 cm³/mol. The van der Waals surface area contributed by atoms with Gasteiger partial charge in [-0.15, -0.1) is 0 Å². The van der Waals surface area contributed by atoms with Crippen LogP contribution in [-0.4, -0.2) is 30.9 Å². The minimum Gasteiger partial charge on any atom is -0.462 e. The second kappa shape index (κ2) is 7.84. The summed E-state index contributed by atoms with van der Waals surface area (Å²) in [6, 6.07) is 0. The van der Waals surface area contributed by atoms with Crippen LogP contribution in [0.4, 0.5) is 0 Å². The van der Waals surface area contributed by atoms with Gasteiger partial charge in [-0.05, 0) is 26.7 Å². The zero-order valence-electron chi connectivity index (χ0n) is 11.6. The van der Waals surface area contributed by atoms with Gasteiger partial charge in [0.1, 0.15) is 25.4 Å². The minimum atomic E-state index is -0.590. The molecule has 0 radical (unpaired) electrons. The van der Waals surface area contributed by atoms with E-state index >= 15 is 0 Å². The maximum absolute atomic E-state index is 11.7. The Balaban J connectivity index is 3.89. The Morgan fingerprint density at radius 2 is 1.50 bits per heavy atom. The van der Waals surface area contributed by atoms with Gasteiger partial charge in [-0.2, -0.15) is 0 Å². The number of Topliss-reactive ketones (excluding diaryl/α,β-unsaturated/α-hetero) is 1. The molecular formula is C13H22O5. The van der Waals surface area contributed by atoms with E-state index in [1.165, 1.54) is 6.92 Å². The Labute approximate surface area is 108 Å². The molecule has 0 aromatic rings. The number of ether oxygens (including phenoxy) is 2. The number of ketones is 1. The van der Waals surface area contributed by atoms with Crippen LogP contribution >= 0.6 is 0 Å². The zero-order valence-corrected chi connectivity index (χ0v) is 11.6. The lowest BCUT2D eigenvalue weighted by molar-refractivity contribution is -0.160. The van der Waals surface area contributed by atoms with Crippen molar-refractivity contribution in [3.05, 3.63) is 0 Å². The largest absolute Gasteiger partial charge is 0.462 e. The van der Waals surface area contributed by atoms with Crippen molar-refractivity contribution in [3.63, 3.8) is 0 Å². The molecule has 0 N–H and O–H groups in total. The molecule has 0 unspecified atom stereocenters. The van der Waals surface area contributed by atoms with Crippen LogP contribution < -0.4 is 0 Å². The molecule has 0 spiro atoms. The van der Waals surface area contributed by atoms with Crippen LogP contribution in [0.2, 0.25) is 0 Å². The molecule has 0 aromatic carbocycles. The van der Waals surface area contributed by atoms with Gasteiger partial charge in [0, 0.05) is 0 Å². The molecule has 0 rings (SSSR count). The van der Waals surface area contributed by atoms with Crippen LogP contribution in [-0.2, 0) is 23.9 Å². The van der Waals surface area contributed by atoms with E-state index in [0.717, 1.165) is 0 Å². The van der Waals surface area contributed by atoms with E-state index in [4.69, 9.17) is 9.47 Å². The number of rotatable bonds is 8. The molecule has 0 aromatic heterocycles. The molecule has 0 saturated carbocycles. The van der Waals surface area contributed by atoms with Crippen molar-refractivity contribution >= 4 is 17.7 Å². The average molecular weight is 258 g/mol. The smallest absolute Gasteiger partial charge is 0.313 e. The van der Waals surface area contributed by atoms with Crippen molar-refractivity contribution in [1.29, 1.82) is 0 Å². The number of hydrogen-bond donors (Lipinski definition) is 0. The zero-order chi connectivity index (χ0) is 14.2. The Hall–Kier alpha value is -1.39. The summed E-state index contributed by atoms with van der Waals surface area (Å²) in [7, 11) is 0. The molecule has 18 heavy (non-hydrogen) atoms. The molecule has 0 atom stereocenters. The maximum atomic E-state index is 11.7. The number of esters is 2. The lowest BCUT2D eigenvalue weighted by Crippen LogP contribution is -2.29. The van der Waals surface area contributed by atoms with E-state index < -0.39 is 11.4 Å². The Morgan fingerprint density at radius 3 is 1.94 bits per heavy atom. The van der Waals surface area contributed by atoms with Crippen LogP contribution in [0.25, 0.3) is 0 Å². The van der Waals surface area contributed by atoms with E-state index in [0.29, 0.717) is 12.8 Å². The van der Waals surface area contributed by atoms with Gasteiger partial charge in [0.25, 0.3) is 0 Å². The van der Waals surface area contributed by atoms with Crippen molar-refractivity contribution in [3.8, 4) is 0 Å². The predicted octanol–water partition coefficient (Wildman–Crippen LogP) is 1.88. The fourth-order valence-electron chi connectivity index (χ4n) is 1.26. The number of carbonyl (C=O) groups excluding carboxylic acids is 3. The van der Waals surface area contributed by atoms with Gasteiger partial charge < -0.3 is 9.47 Å². The maximum Gasteiger partial charge on any atom is 0.313 e. The van der Waals surface area contributed by atoms with Crippen LogP contribution in [0.15, 0.2) is 0 Å². The molecule has 104 valence electrons. The summed E-state index contributed by atoms with van der Waals surface area (Å²) < 4.78 is 9.79.